The van der Waals surface area contributed by atoms with Crippen molar-refractivity contribution in [2.24, 2.45) is 10.9 Å². The minimum absolute atomic E-state index is 0.297. The van der Waals surface area contributed by atoms with Crippen LogP contribution in [0.4, 0.5) is 0 Å². The standard InChI is InChI=1S/C11H12N2O2/c1-8(11(12)14)10-5-3-9(4-6-10)7-13-15-2/h3-7H,1H2,2H3,(H2,12,14). The van der Waals surface area contributed by atoms with Crippen LogP contribution in [-0.2, 0) is 9.63 Å². The van der Waals surface area contributed by atoms with Gasteiger partial charge in [0.25, 0.3) is 0 Å². The van der Waals surface area contributed by atoms with Crippen LogP contribution < -0.4 is 5.73 Å². The van der Waals surface area contributed by atoms with Gasteiger partial charge in [0.1, 0.15) is 7.11 Å². The molecule has 1 aromatic carbocycles. The normalized spacial score (nSPS) is 10.2. The van der Waals surface area contributed by atoms with Crippen molar-refractivity contribution >= 4 is 17.7 Å². The van der Waals surface area contributed by atoms with Crippen LogP contribution in [0.5, 0.6) is 0 Å². The summed E-state index contributed by atoms with van der Waals surface area (Å²) in [4.78, 5) is 15.4. The van der Waals surface area contributed by atoms with Gasteiger partial charge in [0, 0.05) is 5.57 Å². The number of primary amides is 1. The molecule has 0 fully saturated rings. The summed E-state index contributed by atoms with van der Waals surface area (Å²) in [5.41, 5.74) is 6.98. The van der Waals surface area contributed by atoms with Crippen LogP contribution in [0.15, 0.2) is 36.0 Å². The number of oxime groups is 1. The summed E-state index contributed by atoms with van der Waals surface area (Å²) in [5.74, 6) is -0.520. The minimum atomic E-state index is -0.520. The number of amides is 1. The lowest BCUT2D eigenvalue weighted by molar-refractivity contribution is -0.112. The lowest BCUT2D eigenvalue weighted by atomic mass is 10.1. The molecule has 2 N–H and O–H groups in total. The lowest BCUT2D eigenvalue weighted by Crippen LogP contribution is -2.11. The number of benzene rings is 1. The van der Waals surface area contributed by atoms with Gasteiger partial charge in [-0.05, 0) is 11.1 Å². The molecule has 0 bridgehead atoms. The molecule has 1 rings (SSSR count). The maximum Gasteiger partial charge on any atom is 0.248 e. The summed E-state index contributed by atoms with van der Waals surface area (Å²) >= 11 is 0. The summed E-state index contributed by atoms with van der Waals surface area (Å²) in [6.07, 6.45) is 1.57. The number of rotatable bonds is 4. The van der Waals surface area contributed by atoms with Crippen LogP contribution in [-0.4, -0.2) is 19.2 Å². The molecule has 0 radical (unpaired) electrons. The van der Waals surface area contributed by atoms with Gasteiger partial charge in [0.2, 0.25) is 5.91 Å². The van der Waals surface area contributed by atoms with E-state index in [1.807, 2.05) is 0 Å². The van der Waals surface area contributed by atoms with E-state index in [0.717, 1.165) is 5.56 Å². The zero-order valence-corrected chi connectivity index (χ0v) is 8.43. The molecule has 78 valence electrons. The Bertz CT molecular complexity index is 394. The van der Waals surface area contributed by atoms with Gasteiger partial charge in [-0.2, -0.15) is 0 Å². The van der Waals surface area contributed by atoms with E-state index in [-0.39, 0.29) is 0 Å². The fraction of sp³-hybridized carbons (Fsp3) is 0.0909. The van der Waals surface area contributed by atoms with Crippen LogP contribution >= 0.6 is 0 Å². The first-order valence-corrected chi connectivity index (χ1v) is 4.31. The molecule has 0 saturated heterocycles. The van der Waals surface area contributed by atoms with Crippen LogP contribution in [0.1, 0.15) is 11.1 Å². The Labute approximate surface area is 88.0 Å². The SMILES string of the molecule is C=C(C(N)=O)c1ccc(C=NOC)cc1. The number of carbonyl (C=O) groups excluding carboxylic acids is 1. The largest absolute Gasteiger partial charge is 0.399 e. The molecule has 0 heterocycles. The van der Waals surface area contributed by atoms with Gasteiger partial charge in [-0.3, -0.25) is 4.79 Å². The molecule has 0 aromatic heterocycles. The third-order valence-electron chi connectivity index (χ3n) is 1.86. The van der Waals surface area contributed by atoms with Gasteiger partial charge >= 0.3 is 0 Å². The predicted octanol–water partition coefficient (Wildman–Crippen LogP) is 1.17. The number of hydrogen-bond donors (Lipinski definition) is 1. The Morgan fingerprint density at radius 2 is 2.07 bits per heavy atom. The Morgan fingerprint density at radius 1 is 1.47 bits per heavy atom. The second-order valence-corrected chi connectivity index (χ2v) is 2.88. The van der Waals surface area contributed by atoms with E-state index >= 15 is 0 Å². The van der Waals surface area contributed by atoms with Crippen molar-refractivity contribution in [1.82, 2.24) is 0 Å². The molecular formula is C11H12N2O2. The maximum atomic E-state index is 10.8. The summed E-state index contributed by atoms with van der Waals surface area (Å²) in [7, 11) is 1.47. The molecular weight excluding hydrogens is 192 g/mol. The van der Waals surface area contributed by atoms with Gasteiger partial charge in [-0.1, -0.05) is 36.0 Å². The molecule has 15 heavy (non-hydrogen) atoms. The maximum absolute atomic E-state index is 10.8. The summed E-state index contributed by atoms with van der Waals surface area (Å²) in [6, 6.07) is 7.10. The number of nitrogens with two attached hydrogens (primary N) is 1. The smallest absolute Gasteiger partial charge is 0.248 e. The Morgan fingerprint density at radius 3 is 2.53 bits per heavy atom. The summed E-state index contributed by atoms with van der Waals surface area (Å²) in [5, 5.41) is 3.61. The highest BCUT2D eigenvalue weighted by Gasteiger charge is 2.03. The van der Waals surface area contributed by atoms with E-state index in [4.69, 9.17) is 5.73 Å². The highest BCUT2D eigenvalue weighted by molar-refractivity contribution is 6.17. The quantitative estimate of drug-likeness (QED) is 0.454. The van der Waals surface area contributed by atoms with Gasteiger partial charge < -0.3 is 10.6 Å². The van der Waals surface area contributed by atoms with Gasteiger partial charge in [0.15, 0.2) is 0 Å². The number of hydrogen-bond acceptors (Lipinski definition) is 3. The van der Waals surface area contributed by atoms with E-state index in [2.05, 4.69) is 16.6 Å². The molecule has 1 aromatic rings. The summed E-state index contributed by atoms with van der Waals surface area (Å²) < 4.78 is 0. The van der Waals surface area contributed by atoms with Crippen molar-refractivity contribution < 1.29 is 9.63 Å². The molecule has 4 nitrogen and oxygen atoms in total. The first kappa shape index (κ1) is 11.0. The van der Waals surface area contributed by atoms with Crippen LogP contribution in [0, 0.1) is 0 Å². The molecule has 0 atom stereocenters. The van der Waals surface area contributed by atoms with Crippen molar-refractivity contribution in [2.45, 2.75) is 0 Å². The highest BCUT2D eigenvalue weighted by atomic mass is 16.6. The van der Waals surface area contributed by atoms with E-state index in [1.165, 1.54) is 7.11 Å². The summed E-state index contributed by atoms with van der Waals surface area (Å²) in [6.45, 7) is 3.58. The van der Waals surface area contributed by atoms with E-state index in [9.17, 15) is 4.79 Å². The second-order valence-electron chi connectivity index (χ2n) is 2.88. The van der Waals surface area contributed by atoms with Crippen molar-refractivity contribution in [1.29, 1.82) is 0 Å². The van der Waals surface area contributed by atoms with E-state index in [1.54, 1.807) is 30.5 Å². The fourth-order valence-electron chi connectivity index (χ4n) is 1.03. The van der Waals surface area contributed by atoms with Crippen molar-refractivity contribution in [3.63, 3.8) is 0 Å². The molecule has 0 saturated carbocycles. The average molecular weight is 204 g/mol. The van der Waals surface area contributed by atoms with E-state index in [0.29, 0.717) is 11.1 Å². The van der Waals surface area contributed by atoms with Crippen molar-refractivity contribution in [2.75, 3.05) is 7.11 Å². The van der Waals surface area contributed by atoms with Gasteiger partial charge in [-0.25, -0.2) is 0 Å². The molecule has 0 unspecified atom stereocenters. The third-order valence-corrected chi connectivity index (χ3v) is 1.86. The monoisotopic (exact) mass is 204 g/mol. The number of carbonyl (C=O) groups is 1. The molecule has 0 aliphatic rings. The van der Waals surface area contributed by atoms with Crippen molar-refractivity contribution in [3.05, 3.63) is 42.0 Å². The Balaban J connectivity index is 2.85. The molecule has 0 aliphatic heterocycles. The number of nitrogens with zero attached hydrogens (tertiary/aromatic N) is 1. The minimum Gasteiger partial charge on any atom is -0.399 e. The second kappa shape index (κ2) is 4.95. The third kappa shape index (κ3) is 2.95. The van der Waals surface area contributed by atoms with E-state index < -0.39 is 5.91 Å². The lowest BCUT2D eigenvalue weighted by Gasteiger charge is -2.01. The molecule has 0 aliphatic carbocycles. The molecule has 1 amide bonds. The fourth-order valence-corrected chi connectivity index (χ4v) is 1.03. The zero-order chi connectivity index (χ0) is 11.3. The van der Waals surface area contributed by atoms with Crippen LogP contribution in [0.2, 0.25) is 0 Å². The van der Waals surface area contributed by atoms with Gasteiger partial charge in [0.05, 0.1) is 6.21 Å². The van der Waals surface area contributed by atoms with Crippen LogP contribution in [0.3, 0.4) is 0 Å². The zero-order valence-electron chi connectivity index (χ0n) is 8.43. The predicted molar refractivity (Wildman–Crippen MR) is 59.3 cm³/mol. The first-order valence-electron chi connectivity index (χ1n) is 4.31. The Kier molecular flexibility index (Phi) is 3.62. The molecule has 0 spiro atoms. The van der Waals surface area contributed by atoms with Gasteiger partial charge in [-0.15, -0.1) is 0 Å². The highest BCUT2D eigenvalue weighted by Crippen LogP contribution is 2.12. The Hall–Kier alpha value is -2.10. The topological polar surface area (TPSA) is 64.7 Å². The van der Waals surface area contributed by atoms with Crippen molar-refractivity contribution in [3.8, 4) is 0 Å². The molecule has 4 heteroatoms. The average Bonchev–Trinajstić information content (AvgIpc) is 2.26. The van der Waals surface area contributed by atoms with Crippen LogP contribution in [0.25, 0.3) is 5.57 Å². The first-order chi connectivity index (χ1) is 7.15.